The van der Waals surface area contributed by atoms with E-state index in [1.54, 1.807) is 24.3 Å². The number of aliphatic hydroxyl groups is 8. The molecule has 0 saturated carbocycles. The number of carbonyl (C=O) groups excluding carboxylic acids is 1. The summed E-state index contributed by atoms with van der Waals surface area (Å²) in [7, 11) is 0. The van der Waals surface area contributed by atoms with Crippen molar-refractivity contribution in [3.05, 3.63) is 29.8 Å². The van der Waals surface area contributed by atoms with Crippen LogP contribution in [0.3, 0.4) is 0 Å². The summed E-state index contributed by atoms with van der Waals surface area (Å²) in [4.78, 5) is 11.2. The number of aldehydes is 1. The summed E-state index contributed by atoms with van der Waals surface area (Å²) in [5.41, 5.74) is 19.4. The molecule has 3 rings (SSSR count). The first-order valence-electron chi connectivity index (χ1n) is 13.3. The van der Waals surface area contributed by atoms with Crippen molar-refractivity contribution in [3.8, 4) is 0 Å². The Hall–Kier alpha value is -1.91. The van der Waals surface area contributed by atoms with Crippen molar-refractivity contribution in [2.75, 3.05) is 25.1 Å². The van der Waals surface area contributed by atoms with Crippen LogP contribution in [-0.4, -0.2) is 152 Å². The molecule has 2 aliphatic heterocycles. The highest BCUT2D eigenvalue weighted by atomic mass is 16.8. The fourth-order valence-corrected chi connectivity index (χ4v) is 4.82. The molecule has 0 amide bonds. The van der Waals surface area contributed by atoms with E-state index in [1.807, 2.05) is 6.92 Å². The van der Waals surface area contributed by atoms with Crippen LogP contribution < -0.4 is 22.5 Å². The third-order valence-electron chi connectivity index (χ3n) is 7.36. The molecule has 0 spiro atoms. The van der Waals surface area contributed by atoms with E-state index in [1.165, 1.54) is 0 Å². The fraction of sp³-hybridized carbons (Fsp3) is 0.720. The minimum Gasteiger partial charge on any atom is -0.394 e. The van der Waals surface area contributed by atoms with Crippen LogP contribution in [0.2, 0.25) is 0 Å². The number of carbonyl (C=O) groups is 1. The zero-order chi connectivity index (χ0) is 31.4. The molecule has 2 aliphatic rings. The third kappa shape index (κ3) is 7.41. The molecule has 1 aromatic rings. The summed E-state index contributed by atoms with van der Waals surface area (Å²) in [6.07, 6.45) is -16.1. The molecule has 15 N–H and O–H groups in total. The van der Waals surface area contributed by atoms with Crippen molar-refractivity contribution >= 4 is 12.0 Å². The van der Waals surface area contributed by atoms with E-state index in [0.29, 0.717) is 5.69 Å². The highest BCUT2D eigenvalue weighted by Crippen LogP contribution is 2.35. The number of nitrogens with one attached hydrogen (secondary N) is 1. The lowest BCUT2D eigenvalue weighted by Gasteiger charge is -2.52. The van der Waals surface area contributed by atoms with Gasteiger partial charge in [-0.1, -0.05) is 17.7 Å². The highest BCUT2D eigenvalue weighted by molar-refractivity contribution is 5.58. The maximum atomic E-state index is 11.6. The van der Waals surface area contributed by atoms with Gasteiger partial charge in [0.05, 0.1) is 31.9 Å². The second kappa shape index (κ2) is 14.7. The summed E-state index contributed by atoms with van der Waals surface area (Å²) in [5, 5.41) is 85.3. The maximum absolute atomic E-state index is 11.6. The van der Waals surface area contributed by atoms with E-state index >= 15 is 0 Å². The molecule has 0 unspecified atom stereocenters. The Kier molecular flexibility index (Phi) is 12.1. The smallest absolute Gasteiger partial charge is 0.249 e. The molecule has 0 aromatic heterocycles. The van der Waals surface area contributed by atoms with Crippen LogP contribution in [0.25, 0.3) is 0 Å². The maximum Gasteiger partial charge on any atom is 0.249 e. The Bertz CT molecular complexity index is 994. The van der Waals surface area contributed by atoms with Crippen molar-refractivity contribution in [2.24, 2.45) is 17.2 Å². The van der Waals surface area contributed by atoms with E-state index < -0.39 is 105 Å². The van der Waals surface area contributed by atoms with Crippen LogP contribution in [0, 0.1) is 6.92 Å². The molecule has 0 radical (unpaired) electrons. The number of hydrogen-bond acceptors (Lipinski definition) is 17. The third-order valence-corrected chi connectivity index (χ3v) is 7.36. The average molecular weight is 607 g/mol. The van der Waals surface area contributed by atoms with Crippen LogP contribution in [0.5, 0.6) is 0 Å². The van der Waals surface area contributed by atoms with E-state index in [0.717, 1.165) is 5.56 Å². The van der Waals surface area contributed by atoms with Crippen molar-refractivity contribution in [3.63, 3.8) is 0 Å². The minimum absolute atomic E-state index is 0.186. The number of benzene rings is 1. The first-order valence-corrected chi connectivity index (χ1v) is 13.3. The molecular formula is C25H42N4O13. The fourth-order valence-electron chi connectivity index (χ4n) is 4.82. The number of nitrogens with two attached hydrogens (primary N) is 3. The standard InChI is InChI=1S/C25H42N4O13/c1-10-2-4-11(5-3-10)29-23-20(38)22(40-24-16(27)19(37)18(36)14(8-32)39-24)15(9-33)41-25(23,28)42-21(13(34)7-31)17(35)12(26)6-30/h2-6,12-24,29,31-38H,7-9,26-28H2,1H3/t12-,13+,14+,15+,16+,17+,18+,19+,20-,21+,22+,23+,24-,25-/m0/s1. The largest absolute Gasteiger partial charge is 0.394 e. The van der Waals surface area contributed by atoms with Gasteiger partial charge in [-0.3, -0.25) is 5.73 Å². The van der Waals surface area contributed by atoms with Crippen molar-refractivity contribution in [1.29, 1.82) is 0 Å². The molecular weight excluding hydrogens is 564 g/mol. The van der Waals surface area contributed by atoms with Gasteiger partial charge in [-0.15, -0.1) is 0 Å². The van der Waals surface area contributed by atoms with Gasteiger partial charge in [0.2, 0.25) is 5.91 Å². The predicted molar refractivity (Wildman–Crippen MR) is 142 cm³/mol. The van der Waals surface area contributed by atoms with Gasteiger partial charge in [-0.25, -0.2) is 0 Å². The number of aliphatic hydroxyl groups excluding tert-OH is 8. The Morgan fingerprint density at radius 3 is 2.21 bits per heavy atom. The van der Waals surface area contributed by atoms with Gasteiger partial charge in [-0.05, 0) is 19.1 Å². The summed E-state index contributed by atoms with van der Waals surface area (Å²) < 4.78 is 22.9. The van der Waals surface area contributed by atoms with Crippen molar-refractivity contribution in [1.82, 2.24) is 0 Å². The van der Waals surface area contributed by atoms with Gasteiger partial charge in [0.15, 0.2) is 6.29 Å². The van der Waals surface area contributed by atoms with Gasteiger partial charge in [0.1, 0.15) is 67.3 Å². The van der Waals surface area contributed by atoms with E-state index in [-0.39, 0.29) is 6.29 Å². The van der Waals surface area contributed by atoms with Gasteiger partial charge in [0.25, 0.3) is 0 Å². The van der Waals surface area contributed by atoms with E-state index in [4.69, 9.17) is 36.1 Å². The van der Waals surface area contributed by atoms with Crippen molar-refractivity contribution < 1.29 is 64.6 Å². The molecule has 0 bridgehead atoms. The lowest BCUT2D eigenvalue weighted by Crippen LogP contribution is -2.75. The lowest BCUT2D eigenvalue weighted by molar-refractivity contribution is -0.373. The monoisotopic (exact) mass is 606 g/mol. The number of hydrogen-bond donors (Lipinski definition) is 12. The Morgan fingerprint density at radius 1 is 1.05 bits per heavy atom. The van der Waals surface area contributed by atoms with Gasteiger partial charge >= 0.3 is 0 Å². The van der Waals surface area contributed by atoms with Crippen LogP contribution in [-0.2, 0) is 23.7 Å². The summed E-state index contributed by atoms with van der Waals surface area (Å²) >= 11 is 0. The molecule has 2 heterocycles. The van der Waals surface area contributed by atoms with Crippen molar-refractivity contribution in [2.45, 2.75) is 92.2 Å². The van der Waals surface area contributed by atoms with Gasteiger partial charge in [0, 0.05) is 5.69 Å². The second-order valence-corrected chi connectivity index (χ2v) is 10.5. The summed E-state index contributed by atoms with van der Waals surface area (Å²) in [6, 6.07) is 2.29. The topological polar surface area (TPSA) is 306 Å². The summed E-state index contributed by atoms with van der Waals surface area (Å²) in [6.45, 7) is -0.657. The number of rotatable bonds is 13. The average Bonchev–Trinajstić information content (AvgIpc) is 2.99. The Balaban J connectivity index is 1.99. The first-order chi connectivity index (χ1) is 19.8. The summed E-state index contributed by atoms with van der Waals surface area (Å²) in [5.74, 6) is -2.50. The minimum atomic E-state index is -2.50. The van der Waals surface area contributed by atoms with Crippen LogP contribution in [0.15, 0.2) is 24.3 Å². The van der Waals surface area contributed by atoms with E-state index in [9.17, 15) is 45.6 Å². The van der Waals surface area contributed by atoms with E-state index in [2.05, 4.69) is 5.32 Å². The second-order valence-electron chi connectivity index (χ2n) is 10.5. The van der Waals surface area contributed by atoms with Crippen LogP contribution in [0.4, 0.5) is 5.69 Å². The van der Waals surface area contributed by atoms with Gasteiger partial charge in [-0.2, -0.15) is 0 Å². The molecule has 17 nitrogen and oxygen atoms in total. The quantitative estimate of drug-likeness (QED) is 0.0734. The zero-order valence-corrected chi connectivity index (χ0v) is 22.9. The first kappa shape index (κ1) is 34.6. The normalized spacial score (nSPS) is 38.3. The highest BCUT2D eigenvalue weighted by Gasteiger charge is 2.57. The number of ether oxygens (including phenoxy) is 4. The SMILES string of the molecule is Cc1ccc(N[C@@H]2[C@@H](O)[C@H](O[C@@H]3O[C@H](CO)[C@@H](O)[C@H](O)[C@H]3N)[C@@H](CO)O[C@]2(N)O[C@@H]([C@H](O)[C@@H](N)C=O)[C@H](O)CO)cc1. The Morgan fingerprint density at radius 2 is 1.67 bits per heavy atom. The molecule has 2 saturated heterocycles. The molecule has 2 fully saturated rings. The molecule has 42 heavy (non-hydrogen) atoms. The van der Waals surface area contributed by atoms with Crippen LogP contribution in [0.1, 0.15) is 5.56 Å². The lowest BCUT2D eigenvalue weighted by atomic mass is 9.92. The molecule has 1 aromatic carbocycles. The van der Waals surface area contributed by atoms with Crippen LogP contribution >= 0.6 is 0 Å². The Labute approximate surface area is 241 Å². The zero-order valence-electron chi connectivity index (χ0n) is 22.9. The predicted octanol–water partition coefficient (Wildman–Crippen LogP) is -6.08. The number of aryl methyl sites for hydroxylation is 1. The number of anilines is 1. The molecule has 17 heteroatoms. The molecule has 240 valence electrons. The van der Waals surface area contributed by atoms with Gasteiger partial charge < -0.3 is 81.4 Å². The molecule has 14 atom stereocenters. The molecule has 0 aliphatic carbocycles.